The molecule has 0 aliphatic rings. The molecule has 0 aromatic heterocycles. The summed E-state index contributed by atoms with van der Waals surface area (Å²) in [5, 5.41) is 0.684. The van der Waals surface area contributed by atoms with Gasteiger partial charge in [0, 0.05) is 24.8 Å². The summed E-state index contributed by atoms with van der Waals surface area (Å²) in [6.45, 7) is 2.05. The summed E-state index contributed by atoms with van der Waals surface area (Å²) in [7, 11) is -0.833. The van der Waals surface area contributed by atoms with Crippen molar-refractivity contribution >= 4 is 25.0 Å². The van der Waals surface area contributed by atoms with Crippen LogP contribution in [0.3, 0.4) is 0 Å². The van der Waals surface area contributed by atoms with Crippen LogP contribution in [0.2, 0.25) is 5.02 Å². The summed E-state index contributed by atoms with van der Waals surface area (Å²) in [5.41, 5.74) is 3.52. The van der Waals surface area contributed by atoms with Gasteiger partial charge in [-0.3, -0.25) is 9.36 Å². The van der Waals surface area contributed by atoms with Crippen LogP contribution in [-0.4, -0.2) is 26.2 Å². The van der Waals surface area contributed by atoms with E-state index in [1.165, 1.54) is 14.2 Å². The second-order valence-corrected chi connectivity index (χ2v) is 8.00. The molecule has 0 amide bonds. The number of aryl methyl sites for hydroxylation is 1. The Hall–Kier alpha value is -1.45. The van der Waals surface area contributed by atoms with Crippen LogP contribution in [0, 0.1) is 0 Å². The highest BCUT2D eigenvalue weighted by Gasteiger charge is 2.26. The highest BCUT2D eigenvalue weighted by Crippen LogP contribution is 2.46. The maximum atomic E-state index is 12.4. The first-order valence-corrected chi connectivity index (χ1v) is 9.65. The summed E-state index contributed by atoms with van der Waals surface area (Å²) in [5.74, 6) is -0.282. The van der Waals surface area contributed by atoms with Gasteiger partial charge in [0.1, 0.15) is 6.16 Å². The Kier molecular flexibility index (Phi) is 6.36. The van der Waals surface area contributed by atoms with Gasteiger partial charge in [-0.15, -0.1) is 0 Å². The van der Waals surface area contributed by atoms with Gasteiger partial charge in [0.25, 0.3) is 0 Å². The van der Waals surface area contributed by atoms with E-state index < -0.39 is 7.60 Å². The van der Waals surface area contributed by atoms with Gasteiger partial charge < -0.3 is 9.05 Å². The van der Waals surface area contributed by atoms with Gasteiger partial charge in [-0.1, -0.05) is 42.8 Å². The quantitative estimate of drug-likeness (QED) is 0.497. The molecule has 0 aliphatic carbocycles. The summed E-state index contributed by atoms with van der Waals surface area (Å²) >= 11 is 6.06. The van der Waals surface area contributed by atoms with E-state index in [0.717, 1.165) is 23.1 Å². The maximum absolute atomic E-state index is 12.4. The SMILES string of the molecule is CCc1cc(Cl)ccc1-c1cccc(C(=O)CP(=O)(OC)OC)c1. The minimum Gasteiger partial charge on any atom is -0.312 e. The molecule has 2 aromatic carbocycles. The summed E-state index contributed by atoms with van der Waals surface area (Å²) < 4.78 is 21.8. The highest BCUT2D eigenvalue weighted by atomic mass is 35.5. The smallest absolute Gasteiger partial charge is 0.312 e. The van der Waals surface area contributed by atoms with Crippen LogP contribution in [0.5, 0.6) is 0 Å². The van der Waals surface area contributed by atoms with Crippen molar-refractivity contribution in [1.82, 2.24) is 0 Å². The van der Waals surface area contributed by atoms with E-state index in [9.17, 15) is 9.36 Å². The van der Waals surface area contributed by atoms with Crippen molar-refractivity contribution in [3.05, 3.63) is 58.6 Å². The number of hydrogen-bond acceptors (Lipinski definition) is 4. The van der Waals surface area contributed by atoms with Gasteiger partial charge in [0.05, 0.1) is 0 Å². The van der Waals surface area contributed by atoms with Crippen molar-refractivity contribution in [3.63, 3.8) is 0 Å². The third kappa shape index (κ3) is 4.34. The minimum absolute atomic E-state index is 0.282. The van der Waals surface area contributed by atoms with E-state index in [-0.39, 0.29) is 11.9 Å². The van der Waals surface area contributed by atoms with Crippen LogP contribution in [0.15, 0.2) is 42.5 Å². The third-order valence-corrected chi connectivity index (χ3v) is 5.86. The molecule has 24 heavy (non-hydrogen) atoms. The molecule has 0 unspecified atom stereocenters. The van der Waals surface area contributed by atoms with Crippen LogP contribution >= 0.6 is 19.2 Å². The summed E-state index contributed by atoms with van der Waals surface area (Å²) in [4.78, 5) is 12.4. The van der Waals surface area contributed by atoms with Crippen LogP contribution in [0.4, 0.5) is 0 Å². The number of benzene rings is 2. The molecule has 0 aliphatic heterocycles. The van der Waals surface area contributed by atoms with E-state index in [1.54, 1.807) is 18.2 Å². The fraction of sp³-hybridized carbons (Fsp3) is 0.278. The minimum atomic E-state index is -3.38. The molecule has 0 bridgehead atoms. The number of Topliss-reactive ketones (excluding diaryl/α,β-unsaturated/α-hetero) is 1. The lowest BCUT2D eigenvalue weighted by atomic mass is 9.96. The molecule has 0 N–H and O–H groups in total. The van der Waals surface area contributed by atoms with Gasteiger partial charge >= 0.3 is 7.60 Å². The molecule has 0 heterocycles. The lowest BCUT2D eigenvalue weighted by Gasteiger charge is -2.13. The van der Waals surface area contributed by atoms with Gasteiger partial charge in [0.15, 0.2) is 5.78 Å². The first-order valence-electron chi connectivity index (χ1n) is 7.55. The molecule has 4 nitrogen and oxygen atoms in total. The number of halogens is 1. The monoisotopic (exact) mass is 366 g/mol. The molecule has 6 heteroatoms. The van der Waals surface area contributed by atoms with E-state index in [1.807, 2.05) is 24.3 Å². The van der Waals surface area contributed by atoms with E-state index in [0.29, 0.717) is 10.6 Å². The highest BCUT2D eigenvalue weighted by molar-refractivity contribution is 7.54. The standard InChI is InChI=1S/C18H20ClO4P/c1-4-13-11-16(19)8-9-17(13)14-6-5-7-15(10-14)18(20)12-24(21,22-2)23-3/h5-11H,4,12H2,1-3H3. The van der Waals surface area contributed by atoms with E-state index >= 15 is 0 Å². The Balaban J connectivity index is 2.36. The van der Waals surface area contributed by atoms with Crippen molar-refractivity contribution in [2.75, 3.05) is 20.4 Å². The molecule has 2 rings (SSSR count). The van der Waals surface area contributed by atoms with E-state index in [4.69, 9.17) is 20.6 Å². The Labute approximate surface area is 147 Å². The third-order valence-electron chi connectivity index (χ3n) is 3.84. The molecular formula is C18H20ClO4P. The van der Waals surface area contributed by atoms with E-state index in [2.05, 4.69) is 6.92 Å². The lowest BCUT2D eigenvalue weighted by Crippen LogP contribution is -2.08. The van der Waals surface area contributed by atoms with Crippen molar-refractivity contribution in [2.45, 2.75) is 13.3 Å². The zero-order valence-corrected chi connectivity index (χ0v) is 15.6. The normalized spacial score (nSPS) is 11.5. The largest absolute Gasteiger partial charge is 0.337 e. The number of rotatable bonds is 7. The fourth-order valence-corrected chi connectivity index (χ4v) is 3.60. The predicted octanol–water partition coefficient (Wildman–Crippen LogP) is 5.24. The van der Waals surface area contributed by atoms with Gasteiger partial charge in [0.2, 0.25) is 0 Å². The molecule has 0 spiro atoms. The van der Waals surface area contributed by atoms with Crippen LogP contribution < -0.4 is 0 Å². The average molecular weight is 367 g/mol. The van der Waals surface area contributed by atoms with Gasteiger partial charge in [-0.2, -0.15) is 0 Å². The fourth-order valence-electron chi connectivity index (χ4n) is 2.47. The molecule has 128 valence electrons. The van der Waals surface area contributed by atoms with Crippen molar-refractivity contribution in [3.8, 4) is 11.1 Å². The zero-order valence-electron chi connectivity index (χ0n) is 13.9. The van der Waals surface area contributed by atoms with Gasteiger partial charge in [-0.05, 0) is 41.3 Å². The maximum Gasteiger partial charge on any atom is 0.337 e. The van der Waals surface area contributed by atoms with Crippen LogP contribution in [0.1, 0.15) is 22.8 Å². The Morgan fingerprint density at radius 2 is 1.83 bits per heavy atom. The molecule has 0 saturated heterocycles. The molecule has 0 radical (unpaired) electrons. The second-order valence-electron chi connectivity index (χ2n) is 5.29. The number of ketones is 1. The molecule has 0 atom stereocenters. The second kappa shape index (κ2) is 8.09. The summed E-state index contributed by atoms with van der Waals surface area (Å²) in [6, 6.07) is 12.9. The molecule has 2 aromatic rings. The van der Waals surface area contributed by atoms with Crippen LogP contribution in [0.25, 0.3) is 11.1 Å². The zero-order chi connectivity index (χ0) is 17.7. The molecule has 0 saturated carbocycles. The van der Waals surface area contributed by atoms with Crippen molar-refractivity contribution in [2.24, 2.45) is 0 Å². The Morgan fingerprint density at radius 1 is 1.12 bits per heavy atom. The first-order chi connectivity index (χ1) is 11.4. The average Bonchev–Trinajstić information content (AvgIpc) is 2.61. The predicted molar refractivity (Wildman–Crippen MR) is 97.1 cm³/mol. The summed E-state index contributed by atoms with van der Waals surface area (Å²) in [6.07, 6.45) is 0.543. The van der Waals surface area contributed by atoms with Crippen LogP contribution in [-0.2, 0) is 20.0 Å². The number of carbonyl (C=O) groups excluding carboxylic acids is 1. The topological polar surface area (TPSA) is 52.6 Å². The Bertz CT molecular complexity index is 780. The van der Waals surface area contributed by atoms with Gasteiger partial charge in [-0.25, -0.2) is 0 Å². The molecule has 0 fully saturated rings. The first kappa shape index (κ1) is 18.9. The Morgan fingerprint density at radius 3 is 2.46 bits per heavy atom. The molecular weight excluding hydrogens is 347 g/mol. The lowest BCUT2D eigenvalue weighted by molar-refractivity contribution is 0.101. The van der Waals surface area contributed by atoms with Crippen molar-refractivity contribution in [1.29, 1.82) is 0 Å². The number of hydrogen-bond donors (Lipinski definition) is 0. The van der Waals surface area contributed by atoms with Crippen molar-refractivity contribution < 1.29 is 18.4 Å². The number of carbonyl (C=O) groups is 1.